The number of halogens is 3. The van der Waals surface area contributed by atoms with Gasteiger partial charge in [-0.3, -0.25) is 9.97 Å². The molecule has 2 aromatic heterocycles. The van der Waals surface area contributed by atoms with Gasteiger partial charge in [0.1, 0.15) is 11.8 Å². The van der Waals surface area contributed by atoms with Gasteiger partial charge in [0.15, 0.2) is 0 Å². The van der Waals surface area contributed by atoms with Crippen LogP contribution in [-0.4, -0.2) is 34.9 Å². The first kappa shape index (κ1) is 26.0. The lowest BCUT2D eigenvalue weighted by Gasteiger charge is -2.36. The molecule has 0 bridgehead atoms. The molecule has 8 heteroatoms. The third-order valence-electron chi connectivity index (χ3n) is 7.33. The van der Waals surface area contributed by atoms with Crippen molar-refractivity contribution in [2.45, 2.75) is 84.1 Å². The molecule has 2 aliphatic rings. The van der Waals surface area contributed by atoms with Crippen molar-refractivity contribution in [1.82, 2.24) is 9.97 Å². The molecule has 0 aromatic carbocycles. The van der Waals surface area contributed by atoms with Gasteiger partial charge in [-0.2, -0.15) is 13.2 Å². The predicted octanol–water partition coefficient (Wildman–Crippen LogP) is 6.00. The van der Waals surface area contributed by atoms with E-state index in [2.05, 4.69) is 39.6 Å². The minimum Gasteiger partial charge on any atom is -0.396 e. The number of hydrogen-bond donors (Lipinski definition) is 1. The van der Waals surface area contributed by atoms with Crippen LogP contribution in [0, 0.1) is 12.3 Å². The molecule has 5 nitrogen and oxygen atoms in total. The number of aliphatic hydroxyl groups is 1. The van der Waals surface area contributed by atoms with Gasteiger partial charge in [-0.15, -0.1) is 0 Å². The van der Waals surface area contributed by atoms with Crippen molar-refractivity contribution >= 4 is 0 Å². The molecule has 192 valence electrons. The number of hydrogen-bond acceptors (Lipinski definition) is 5. The highest BCUT2D eigenvalue weighted by Gasteiger charge is 2.50. The van der Waals surface area contributed by atoms with Gasteiger partial charge in [0, 0.05) is 61.4 Å². The number of aromatic nitrogens is 2. The van der Waals surface area contributed by atoms with E-state index in [0.29, 0.717) is 44.5 Å². The maximum atomic E-state index is 13.1. The van der Waals surface area contributed by atoms with Crippen LogP contribution in [0.15, 0.2) is 18.3 Å². The lowest BCUT2D eigenvalue weighted by Crippen LogP contribution is -2.34. The Kier molecular flexibility index (Phi) is 7.03. The van der Waals surface area contributed by atoms with Crippen molar-refractivity contribution < 1.29 is 27.8 Å². The molecule has 4 rings (SSSR count). The fourth-order valence-corrected chi connectivity index (χ4v) is 5.45. The second kappa shape index (κ2) is 9.45. The summed E-state index contributed by atoms with van der Waals surface area (Å²) in [5.74, 6) is 0.0903. The zero-order valence-electron chi connectivity index (χ0n) is 21.1. The van der Waals surface area contributed by atoms with E-state index in [4.69, 9.17) is 14.5 Å². The van der Waals surface area contributed by atoms with Crippen molar-refractivity contribution in [1.29, 1.82) is 0 Å². The predicted molar refractivity (Wildman–Crippen MR) is 126 cm³/mol. The van der Waals surface area contributed by atoms with Gasteiger partial charge >= 0.3 is 6.18 Å². The average Bonchev–Trinajstić information content (AvgIpc) is 3.10. The van der Waals surface area contributed by atoms with Crippen LogP contribution < -0.4 is 0 Å². The summed E-state index contributed by atoms with van der Waals surface area (Å²) in [5.41, 5.74) is 4.02. The fraction of sp³-hybridized carbons (Fsp3) is 0.630. The van der Waals surface area contributed by atoms with E-state index in [1.165, 1.54) is 12.3 Å². The third kappa shape index (κ3) is 4.98. The molecule has 1 fully saturated rings. The minimum absolute atomic E-state index is 0.0903. The van der Waals surface area contributed by atoms with Gasteiger partial charge in [-0.25, -0.2) is 0 Å². The summed E-state index contributed by atoms with van der Waals surface area (Å²) in [6, 6.07) is 2.49. The molecule has 1 atom stereocenters. The Morgan fingerprint density at radius 2 is 1.86 bits per heavy atom. The smallest absolute Gasteiger partial charge is 0.396 e. The van der Waals surface area contributed by atoms with Crippen molar-refractivity contribution in [3.05, 3.63) is 57.7 Å². The number of pyridine rings is 2. The fourth-order valence-electron chi connectivity index (χ4n) is 5.45. The number of fused-ring (bicyclic) bond motifs is 2. The van der Waals surface area contributed by atoms with Crippen LogP contribution in [0.4, 0.5) is 13.2 Å². The Morgan fingerprint density at radius 3 is 2.40 bits per heavy atom. The SMILES string of the molecule is Cc1c(CC(C)(C)CCO)nc(C(C)C)c2c1C1(CCOCC1)OC2c1ccc(C(F)(F)F)nc1. The molecule has 2 aromatic rings. The van der Waals surface area contributed by atoms with Crippen molar-refractivity contribution in [2.75, 3.05) is 19.8 Å². The maximum absolute atomic E-state index is 13.1. The zero-order chi connectivity index (χ0) is 25.6. The first-order valence-electron chi connectivity index (χ1n) is 12.3. The minimum atomic E-state index is -4.49. The summed E-state index contributed by atoms with van der Waals surface area (Å²) in [6.45, 7) is 11.7. The molecule has 1 spiro atoms. The largest absolute Gasteiger partial charge is 0.433 e. The molecule has 1 saturated heterocycles. The molecular formula is C27H35F3N2O3. The lowest BCUT2D eigenvalue weighted by atomic mass is 9.77. The summed E-state index contributed by atoms with van der Waals surface area (Å²) < 4.78 is 51.9. The van der Waals surface area contributed by atoms with Gasteiger partial charge in [0.05, 0.1) is 5.60 Å². The van der Waals surface area contributed by atoms with Gasteiger partial charge < -0.3 is 14.6 Å². The monoisotopic (exact) mass is 492 g/mol. The Morgan fingerprint density at radius 1 is 1.17 bits per heavy atom. The zero-order valence-corrected chi connectivity index (χ0v) is 21.1. The molecular weight excluding hydrogens is 457 g/mol. The highest BCUT2D eigenvalue weighted by Crippen LogP contribution is 2.54. The van der Waals surface area contributed by atoms with Gasteiger partial charge in [0.25, 0.3) is 0 Å². The number of ether oxygens (including phenoxy) is 2. The summed E-state index contributed by atoms with van der Waals surface area (Å²) >= 11 is 0. The molecule has 1 N–H and O–H groups in total. The van der Waals surface area contributed by atoms with Crippen LogP contribution in [0.2, 0.25) is 0 Å². The third-order valence-corrected chi connectivity index (χ3v) is 7.33. The summed E-state index contributed by atoms with van der Waals surface area (Å²) in [6.07, 6.45) is -1.03. The Bertz CT molecular complexity index is 1060. The van der Waals surface area contributed by atoms with Gasteiger partial charge in [0.2, 0.25) is 0 Å². The van der Waals surface area contributed by atoms with Crippen LogP contribution in [0.5, 0.6) is 0 Å². The molecule has 0 radical (unpaired) electrons. The average molecular weight is 493 g/mol. The normalized spacial score (nSPS) is 20.0. The first-order chi connectivity index (χ1) is 16.4. The highest BCUT2D eigenvalue weighted by atomic mass is 19.4. The van der Waals surface area contributed by atoms with E-state index in [0.717, 1.165) is 34.1 Å². The standard InChI is InChI=1S/C27H35F3N2O3/c1-16(2)23-21-22(17(3)19(32-23)14-25(4,5)8-11-33)26(9-12-34-13-10-26)35-24(21)18-6-7-20(31-15-18)27(28,29)30/h6-7,15-16,24,33H,8-14H2,1-5H3. The number of rotatable bonds is 6. The summed E-state index contributed by atoms with van der Waals surface area (Å²) in [4.78, 5) is 8.84. The van der Waals surface area contributed by atoms with E-state index in [-0.39, 0.29) is 17.9 Å². The van der Waals surface area contributed by atoms with E-state index < -0.39 is 23.6 Å². The number of alkyl halides is 3. The van der Waals surface area contributed by atoms with Crippen molar-refractivity contribution in [2.24, 2.45) is 5.41 Å². The van der Waals surface area contributed by atoms with Crippen LogP contribution in [-0.2, 0) is 27.7 Å². The highest BCUT2D eigenvalue weighted by molar-refractivity contribution is 5.52. The summed E-state index contributed by atoms with van der Waals surface area (Å²) in [5, 5.41) is 9.55. The van der Waals surface area contributed by atoms with Crippen molar-refractivity contribution in [3.63, 3.8) is 0 Å². The van der Waals surface area contributed by atoms with Crippen LogP contribution in [0.25, 0.3) is 0 Å². The van der Waals surface area contributed by atoms with Crippen LogP contribution in [0.1, 0.15) is 98.3 Å². The van der Waals surface area contributed by atoms with Crippen LogP contribution in [0.3, 0.4) is 0 Å². The maximum Gasteiger partial charge on any atom is 0.433 e. The Labute approximate surface area is 205 Å². The topological polar surface area (TPSA) is 64.5 Å². The quantitative estimate of drug-likeness (QED) is 0.536. The second-order valence-corrected chi connectivity index (χ2v) is 10.9. The Hall–Kier alpha value is -2.03. The van der Waals surface area contributed by atoms with Crippen molar-refractivity contribution in [3.8, 4) is 0 Å². The molecule has 0 amide bonds. The molecule has 1 unspecified atom stereocenters. The first-order valence-corrected chi connectivity index (χ1v) is 12.3. The molecule has 0 aliphatic carbocycles. The Balaban J connectivity index is 1.89. The van der Waals surface area contributed by atoms with Gasteiger partial charge in [-0.1, -0.05) is 33.8 Å². The lowest BCUT2D eigenvalue weighted by molar-refractivity contribution is -0.141. The van der Waals surface area contributed by atoms with Crippen LogP contribution >= 0.6 is 0 Å². The number of nitrogens with zero attached hydrogens (tertiary/aromatic N) is 2. The molecule has 0 saturated carbocycles. The second-order valence-electron chi connectivity index (χ2n) is 10.9. The molecule has 4 heterocycles. The van der Waals surface area contributed by atoms with E-state index >= 15 is 0 Å². The van der Waals surface area contributed by atoms with Gasteiger partial charge in [-0.05, 0) is 48.3 Å². The van der Waals surface area contributed by atoms with E-state index in [1.807, 2.05) is 0 Å². The summed E-state index contributed by atoms with van der Waals surface area (Å²) in [7, 11) is 0. The van der Waals surface area contributed by atoms with E-state index in [1.54, 1.807) is 0 Å². The molecule has 35 heavy (non-hydrogen) atoms. The van der Waals surface area contributed by atoms with E-state index in [9.17, 15) is 18.3 Å². The molecule has 2 aliphatic heterocycles. The number of aliphatic hydroxyl groups excluding tert-OH is 1.